The zero-order valence-electron chi connectivity index (χ0n) is 16.4. The molecule has 2 aromatic rings. The first-order valence-electron chi connectivity index (χ1n) is 9.41. The summed E-state index contributed by atoms with van der Waals surface area (Å²) in [6.07, 6.45) is 0.780. The maximum atomic E-state index is 12.7. The summed E-state index contributed by atoms with van der Waals surface area (Å²) in [5, 5.41) is 20.4. The fourth-order valence-corrected chi connectivity index (χ4v) is 3.60. The molecule has 0 aliphatic carbocycles. The molecule has 0 bridgehead atoms. The molecule has 3 rings (SSSR count). The number of piperidine rings is 1. The van der Waals surface area contributed by atoms with Crippen molar-refractivity contribution in [3.63, 3.8) is 0 Å². The molecule has 29 heavy (non-hydrogen) atoms. The number of likely N-dealkylation sites (tertiary alicyclic amines) is 1. The van der Waals surface area contributed by atoms with Gasteiger partial charge in [-0.1, -0.05) is 28.1 Å². The third kappa shape index (κ3) is 4.79. The second kappa shape index (κ2) is 8.16. The van der Waals surface area contributed by atoms with Crippen molar-refractivity contribution in [3.05, 3.63) is 64.1 Å². The molecule has 0 unspecified atom stereocenters. The Hall–Kier alpha value is -2.38. The minimum atomic E-state index is -1.37. The quantitative estimate of drug-likeness (QED) is 0.706. The number of hydrogen-bond donors (Lipinski definition) is 2. The smallest absolute Gasteiger partial charge is 0.347 e. The molecule has 1 fully saturated rings. The average Bonchev–Trinajstić information content (AvgIpc) is 2.68. The Kier molecular flexibility index (Phi) is 6.00. The maximum Gasteiger partial charge on any atom is 0.347 e. The Morgan fingerprint density at radius 2 is 1.72 bits per heavy atom. The number of ether oxygens (including phenoxy) is 1. The Labute approximate surface area is 178 Å². The van der Waals surface area contributed by atoms with Crippen molar-refractivity contribution in [1.82, 2.24) is 4.90 Å². The van der Waals surface area contributed by atoms with Gasteiger partial charge in [0.15, 0.2) is 5.60 Å². The van der Waals surface area contributed by atoms with Crippen molar-refractivity contribution in [2.24, 2.45) is 0 Å². The summed E-state index contributed by atoms with van der Waals surface area (Å²) in [5.41, 5.74) is -1.19. The number of carbonyl (C=O) groups excluding carboxylic acids is 1. The van der Waals surface area contributed by atoms with Crippen LogP contribution in [0.5, 0.6) is 5.75 Å². The summed E-state index contributed by atoms with van der Waals surface area (Å²) in [7, 11) is 0. The van der Waals surface area contributed by atoms with E-state index in [0.717, 1.165) is 4.47 Å². The summed E-state index contributed by atoms with van der Waals surface area (Å²) < 4.78 is 6.50. The summed E-state index contributed by atoms with van der Waals surface area (Å²) in [4.78, 5) is 25.7. The van der Waals surface area contributed by atoms with E-state index in [4.69, 9.17) is 4.74 Å². The molecule has 2 aromatic carbocycles. The van der Waals surface area contributed by atoms with Crippen molar-refractivity contribution >= 4 is 27.8 Å². The largest absolute Gasteiger partial charge is 0.478 e. The predicted octanol–water partition coefficient (Wildman–Crippen LogP) is 3.81. The molecule has 1 saturated heterocycles. The molecule has 1 aliphatic heterocycles. The van der Waals surface area contributed by atoms with Gasteiger partial charge in [-0.15, -0.1) is 0 Å². The van der Waals surface area contributed by atoms with Gasteiger partial charge in [0.2, 0.25) is 0 Å². The second-order valence-electron chi connectivity index (χ2n) is 7.78. The second-order valence-corrected chi connectivity index (χ2v) is 8.69. The van der Waals surface area contributed by atoms with Gasteiger partial charge in [-0.25, -0.2) is 4.79 Å². The Morgan fingerprint density at radius 1 is 1.10 bits per heavy atom. The van der Waals surface area contributed by atoms with Gasteiger partial charge in [0.05, 0.1) is 5.60 Å². The first-order valence-corrected chi connectivity index (χ1v) is 10.2. The molecular formula is C22H24BrNO5. The van der Waals surface area contributed by atoms with Crippen molar-refractivity contribution in [2.75, 3.05) is 13.1 Å². The SMILES string of the molecule is CC(C)(Oc1cccc(C2(O)CCN(C(=O)c3ccc(Br)cc3)CC2)c1)C(=O)O. The lowest BCUT2D eigenvalue weighted by Gasteiger charge is -2.38. The van der Waals surface area contributed by atoms with E-state index < -0.39 is 17.2 Å². The summed E-state index contributed by atoms with van der Waals surface area (Å²) in [6, 6.07) is 14.1. The van der Waals surface area contributed by atoms with E-state index >= 15 is 0 Å². The van der Waals surface area contributed by atoms with E-state index in [0.29, 0.717) is 42.8 Å². The fourth-order valence-electron chi connectivity index (χ4n) is 3.33. The van der Waals surface area contributed by atoms with Gasteiger partial charge in [0, 0.05) is 23.1 Å². The number of carbonyl (C=O) groups is 2. The number of nitrogens with zero attached hydrogens (tertiary/aromatic N) is 1. The topological polar surface area (TPSA) is 87.1 Å². The van der Waals surface area contributed by atoms with Crippen LogP contribution in [0.25, 0.3) is 0 Å². The van der Waals surface area contributed by atoms with Gasteiger partial charge in [0.25, 0.3) is 5.91 Å². The van der Waals surface area contributed by atoms with Crippen LogP contribution in [0.3, 0.4) is 0 Å². The molecule has 6 nitrogen and oxygen atoms in total. The molecule has 1 heterocycles. The van der Waals surface area contributed by atoms with E-state index in [1.807, 2.05) is 12.1 Å². The van der Waals surface area contributed by atoms with Crippen molar-refractivity contribution < 1.29 is 24.5 Å². The Balaban J connectivity index is 1.70. The highest BCUT2D eigenvalue weighted by Gasteiger charge is 2.36. The van der Waals surface area contributed by atoms with Crippen LogP contribution in [-0.4, -0.2) is 45.7 Å². The van der Waals surface area contributed by atoms with Gasteiger partial charge >= 0.3 is 5.97 Å². The van der Waals surface area contributed by atoms with Crippen LogP contribution < -0.4 is 4.74 Å². The molecule has 1 aliphatic rings. The van der Waals surface area contributed by atoms with Crippen molar-refractivity contribution in [1.29, 1.82) is 0 Å². The third-order valence-electron chi connectivity index (χ3n) is 5.23. The monoisotopic (exact) mass is 461 g/mol. The fraction of sp³-hybridized carbons (Fsp3) is 0.364. The molecule has 0 spiro atoms. The molecule has 0 aromatic heterocycles. The molecule has 0 atom stereocenters. The molecule has 7 heteroatoms. The van der Waals surface area contributed by atoms with Crippen molar-refractivity contribution in [3.8, 4) is 5.75 Å². The number of benzene rings is 2. The molecule has 154 valence electrons. The summed E-state index contributed by atoms with van der Waals surface area (Å²) >= 11 is 3.36. The first kappa shape index (κ1) is 21.3. The van der Waals surface area contributed by atoms with Gasteiger partial charge in [-0.2, -0.15) is 0 Å². The standard InChI is InChI=1S/C22H24BrNO5/c1-21(2,20(26)27)29-18-5-3-4-16(14-18)22(28)10-12-24(13-11-22)19(25)15-6-8-17(23)9-7-15/h3-9,14,28H,10-13H2,1-2H3,(H,26,27). The summed E-state index contributed by atoms with van der Waals surface area (Å²) in [6.45, 7) is 3.81. The number of aliphatic carboxylic acids is 1. The summed E-state index contributed by atoms with van der Waals surface area (Å²) in [5.74, 6) is -0.738. The van der Waals surface area contributed by atoms with Crippen LogP contribution in [-0.2, 0) is 10.4 Å². The highest BCUT2D eigenvalue weighted by atomic mass is 79.9. The maximum absolute atomic E-state index is 12.7. The number of hydrogen-bond acceptors (Lipinski definition) is 4. The van der Waals surface area contributed by atoms with Crippen LogP contribution in [0.15, 0.2) is 53.0 Å². The zero-order valence-corrected chi connectivity index (χ0v) is 18.0. The Morgan fingerprint density at radius 3 is 2.31 bits per heavy atom. The van der Waals surface area contributed by atoms with Gasteiger partial charge in [-0.05, 0) is 68.7 Å². The number of halogens is 1. The number of carboxylic acid groups (broad SMARTS) is 1. The lowest BCUT2D eigenvalue weighted by Crippen LogP contribution is -2.45. The van der Waals surface area contributed by atoms with Crippen LogP contribution in [0, 0.1) is 0 Å². The van der Waals surface area contributed by atoms with Crippen LogP contribution in [0.2, 0.25) is 0 Å². The molecular weight excluding hydrogens is 438 g/mol. The highest BCUT2D eigenvalue weighted by Crippen LogP contribution is 2.35. The minimum Gasteiger partial charge on any atom is -0.478 e. The Bertz CT molecular complexity index is 902. The molecule has 1 amide bonds. The lowest BCUT2D eigenvalue weighted by atomic mass is 9.84. The predicted molar refractivity (Wildman–Crippen MR) is 112 cm³/mol. The normalized spacial score (nSPS) is 16.3. The van der Waals surface area contributed by atoms with E-state index in [1.54, 1.807) is 41.3 Å². The number of carboxylic acids is 1. The van der Waals surface area contributed by atoms with Crippen molar-refractivity contribution in [2.45, 2.75) is 37.9 Å². The average molecular weight is 462 g/mol. The zero-order chi connectivity index (χ0) is 21.2. The third-order valence-corrected chi connectivity index (χ3v) is 5.76. The van der Waals surface area contributed by atoms with E-state index in [-0.39, 0.29) is 5.91 Å². The van der Waals surface area contributed by atoms with Gasteiger partial charge < -0.3 is 19.8 Å². The molecule has 0 saturated carbocycles. The first-order chi connectivity index (χ1) is 13.6. The van der Waals surface area contributed by atoms with E-state index in [2.05, 4.69) is 15.9 Å². The lowest BCUT2D eigenvalue weighted by molar-refractivity contribution is -0.152. The van der Waals surface area contributed by atoms with E-state index in [9.17, 15) is 19.8 Å². The molecule has 0 radical (unpaired) electrons. The number of rotatable bonds is 5. The van der Waals surface area contributed by atoms with Crippen LogP contribution in [0.4, 0.5) is 0 Å². The van der Waals surface area contributed by atoms with E-state index in [1.165, 1.54) is 13.8 Å². The van der Waals surface area contributed by atoms with Crippen LogP contribution >= 0.6 is 15.9 Å². The highest BCUT2D eigenvalue weighted by molar-refractivity contribution is 9.10. The van der Waals surface area contributed by atoms with Crippen LogP contribution in [0.1, 0.15) is 42.6 Å². The molecule has 2 N–H and O–H groups in total. The number of aliphatic hydroxyl groups is 1. The number of amides is 1. The minimum absolute atomic E-state index is 0.0557. The van der Waals surface area contributed by atoms with Gasteiger partial charge in [-0.3, -0.25) is 4.79 Å². The van der Waals surface area contributed by atoms with Gasteiger partial charge in [0.1, 0.15) is 5.75 Å².